The van der Waals surface area contributed by atoms with E-state index in [-0.39, 0.29) is 6.04 Å². The maximum absolute atomic E-state index is 6.29. The number of nitrogens with zero attached hydrogens (tertiary/aromatic N) is 4. The largest absolute Gasteiger partial charge is 0.454 e. The molecule has 0 saturated carbocycles. The smallest absolute Gasteiger partial charge is 0.178 e. The van der Waals surface area contributed by atoms with Gasteiger partial charge >= 0.3 is 0 Å². The number of hydrogen-bond acceptors (Lipinski definition) is 5. The molecule has 1 aliphatic rings. The minimum atomic E-state index is 0.216. The van der Waals surface area contributed by atoms with Crippen LogP contribution in [0.4, 0.5) is 17.3 Å². The van der Waals surface area contributed by atoms with Crippen LogP contribution in [0.25, 0.3) is 21.9 Å². The lowest BCUT2D eigenvalue weighted by molar-refractivity contribution is 0.665. The van der Waals surface area contributed by atoms with Gasteiger partial charge in [-0.15, -0.1) is 0 Å². The van der Waals surface area contributed by atoms with Crippen molar-refractivity contribution in [2.75, 3.05) is 9.80 Å². The molecule has 2 aromatic heterocycles. The van der Waals surface area contributed by atoms with Crippen molar-refractivity contribution in [3.05, 3.63) is 67.4 Å². The molecule has 5 rings (SSSR count). The molecule has 0 atom stereocenters. The van der Waals surface area contributed by atoms with E-state index in [1.54, 1.807) is 12.4 Å². The molecular formula is C22H20N4O. The van der Waals surface area contributed by atoms with Crippen LogP contribution in [-0.2, 0) is 0 Å². The summed E-state index contributed by atoms with van der Waals surface area (Å²) in [5.74, 6) is 1.61. The topological polar surface area (TPSA) is 45.4 Å². The van der Waals surface area contributed by atoms with Gasteiger partial charge in [-0.2, -0.15) is 0 Å². The van der Waals surface area contributed by atoms with Crippen molar-refractivity contribution in [1.29, 1.82) is 0 Å². The molecule has 4 aromatic rings. The molecule has 0 fully saturated rings. The normalized spacial score (nSPS) is 14.7. The van der Waals surface area contributed by atoms with Gasteiger partial charge < -0.3 is 9.32 Å². The van der Waals surface area contributed by atoms with Gasteiger partial charge in [0.2, 0.25) is 0 Å². The van der Waals surface area contributed by atoms with E-state index < -0.39 is 0 Å². The molecule has 0 unspecified atom stereocenters. The molecule has 5 heteroatoms. The monoisotopic (exact) mass is 356 g/mol. The summed E-state index contributed by atoms with van der Waals surface area (Å²) >= 11 is 0. The van der Waals surface area contributed by atoms with Crippen LogP contribution in [0.15, 0.2) is 53.2 Å². The minimum Gasteiger partial charge on any atom is -0.454 e. The highest BCUT2D eigenvalue weighted by atomic mass is 16.3. The zero-order valence-electron chi connectivity index (χ0n) is 15.6. The van der Waals surface area contributed by atoms with E-state index in [1.807, 2.05) is 18.2 Å². The van der Waals surface area contributed by atoms with E-state index >= 15 is 0 Å². The van der Waals surface area contributed by atoms with Crippen molar-refractivity contribution < 1.29 is 4.42 Å². The second-order valence-electron chi connectivity index (χ2n) is 7.12. The van der Waals surface area contributed by atoms with Gasteiger partial charge in [0.1, 0.15) is 5.58 Å². The average Bonchev–Trinajstić information content (AvgIpc) is 3.17. The number of fused-ring (bicyclic) bond motifs is 4. The first-order valence-corrected chi connectivity index (χ1v) is 9.08. The fourth-order valence-electron chi connectivity index (χ4n) is 3.93. The Hall–Kier alpha value is -3.08. The summed E-state index contributed by atoms with van der Waals surface area (Å²) < 4.78 is 6.29. The lowest BCUT2D eigenvalue weighted by atomic mass is 10.1. The molecule has 134 valence electrons. The second kappa shape index (κ2) is 5.71. The number of aromatic nitrogens is 2. The number of anilines is 3. The predicted octanol–water partition coefficient (Wildman–Crippen LogP) is 5.37. The van der Waals surface area contributed by atoms with Crippen LogP contribution >= 0.6 is 0 Å². The maximum atomic E-state index is 6.29. The molecule has 3 heterocycles. The first-order chi connectivity index (χ1) is 13.1. The molecule has 2 aromatic carbocycles. The van der Waals surface area contributed by atoms with Gasteiger partial charge in [-0.25, -0.2) is 9.97 Å². The van der Waals surface area contributed by atoms with Gasteiger partial charge in [0, 0.05) is 29.2 Å². The van der Waals surface area contributed by atoms with Crippen molar-refractivity contribution in [3.8, 4) is 0 Å². The van der Waals surface area contributed by atoms with Crippen LogP contribution in [0.3, 0.4) is 0 Å². The standard InChI is InChI=1S/C22H20N4O/c1-13(2)25-15(4)26(22-21(25)23-11-12-24-22)19-14(3)9-10-17-16-7-5-6-8-18(16)27-20(17)19/h5-13H,4H2,1-3H3. The molecule has 0 spiro atoms. The van der Waals surface area contributed by atoms with E-state index in [4.69, 9.17) is 4.42 Å². The van der Waals surface area contributed by atoms with Gasteiger partial charge in [-0.1, -0.05) is 30.3 Å². The van der Waals surface area contributed by atoms with Crippen LogP contribution in [0.1, 0.15) is 19.4 Å². The predicted molar refractivity (Wildman–Crippen MR) is 109 cm³/mol. The Balaban J connectivity index is 1.82. The number of furan rings is 1. The van der Waals surface area contributed by atoms with Crippen molar-refractivity contribution in [3.63, 3.8) is 0 Å². The average molecular weight is 356 g/mol. The SMILES string of the molecule is [CH2][C]1N(c2c(C)ccc3c2oc2ccccc23)c2nccnc2N1C(C)C. The van der Waals surface area contributed by atoms with Crippen molar-refractivity contribution >= 4 is 39.3 Å². The van der Waals surface area contributed by atoms with E-state index in [0.717, 1.165) is 51.0 Å². The first-order valence-electron chi connectivity index (χ1n) is 9.08. The van der Waals surface area contributed by atoms with E-state index in [2.05, 4.69) is 65.7 Å². The lowest BCUT2D eigenvalue weighted by Gasteiger charge is -2.30. The molecule has 0 aliphatic carbocycles. The number of aryl methyl sites for hydroxylation is 1. The number of para-hydroxylation sites is 1. The van der Waals surface area contributed by atoms with Gasteiger partial charge in [0.15, 0.2) is 23.4 Å². The van der Waals surface area contributed by atoms with Crippen molar-refractivity contribution in [2.45, 2.75) is 26.8 Å². The van der Waals surface area contributed by atoms with E-state index in [1.165, 1.54) is 0 Å². The zero-order chi connectivity index (χ0) is 18.7. The summed E-state index contributed by atoms with van der Waals surface area (Å²) in [6, 6.07) is 12.6. The minimum absolute atomic E-state index is 0.216. The molecule has 0 N–H and O–H groups in total. The second-order valence-corrected chi connectivity index (χ2v) is 7.12. The number of benzene rings is 2. The van der Waals surface area contributed by atoms with Crippen LogP contribution in [-0.4, -0.2) is 16.0 Å². The summed E-state index contributed by atoms with van der Waals surface area (Å²) in [4.78, 5) is 13.4. The quantitative estimate of drug-likeness (QED) is 0.483. The van der Waals surface area contributed by atoms with Crippen LogP contribution in [0, 0.1) is 20.0 Å². The molecule has 27 heavy (non-hydrogen) atoms. The molecule has 1 aliphatic heterocycles. The highest BCUT2D eigenvalue weighted by molar-refractivity contribution is 6.10. The molecular weight excluding hydrogens is 336 g/mol. The zero-order valence-corrected chi connectivity index (χ0v) is 15.6. The Morgan fingerprint density at radius 1 is 0.963 bits per heavy atom. The summed E-state index contributed by atoms with van der Waals surface area (Å²) in [6.07, 6.45) is 4.28. The van der Waals surface area contributed by atoms with Gasteiger partial charge in [-0.05, 0) is 39.3 Å². The number of rotatable bonds is 2. The highest BCUT2D eigenvalue weighted by Gasteiger charge is 2.40. The Bertz CT molecular complexity index is 1160. The van der Waals surface area contributed by atoms with Gasteiger partial charge in [0.05, 0.1) is 5.69 Å². The molecule has 0 amide bonds. The van der Waals surface area contributed by atoms with Crippen molar-refractivity contribution in [2.24, 2.45) is 0 Å². The Labute approximate surface area is 158 Å². The third kappa shape index (κ3) is 2.17. The summed E-state index contributed by atoms with van der Waals surface area (Å²) in [5, 5.41) is 2.20. The third-order valence-corrected chi connectivity index (χ3v) is 5.10. The fourth-order valence-corrected chi connectivity index (χ4v) is 3.93. The van der Waals surface area contributed by atoms with Crippen LogP contribution in [0.2, 0.25) is 0 Å². The summed E-state index contributed by atoms with van der Waals surface area (Å²) in [6.45, 7) is 10.7. The Kier molecular flexibility index (Phi) is 3.41. The Morgan fingerprint density at radius 3 is 2.48 bits per heavy atom. The van der Waals surface area contributed by atoms with E-state index in [0.29, 0.717) is 0 Å². The lowest BCUT2D eigenvalue weighted by Crippen LogP contribution is -2.36. The van der Waals surface area contributed by atoms with Crippen LogP contribution < -0.4 is 9.80 Å². The maximum Gasteiger partial charge on any atom is 0.178 e. The molecule has 0 saturated heterocycles. The summed E-state index contributed by atoms with van der Waals surface area (Å²) in [7, 11) is 0. The first kappa shape index (κ1) is 16.1. The molecule has 5 nitrogen and oxygen atoms in total. The van der Waals surface area contributed by atoms with Crippen molar-refractivity contribution in [1.82, 2.24) is 9.97 Å². The fraction of sp³-hybridized carbons (Fsp3) is 0.182. The van der Waals surface area contributed by atoms with Gasteiger partial charge in [0.25, 0.3) is 0 Å². The van der Waals surface area contributed by atoms with Gasteiger partial charge in [-0.3, -0.25) is 4.90 Å². The highest BCUT2D eigenvalue weighted by Crippen LogP contribution is 2.49. The van der Waals surface area contributed by atoms with Crippen LogP contribution in [0.5, 0.6) is 0 Å². The Morgan fingerprint density at radius 2 is 1.70 bits per heavy atom. The number of hydrogen-bond donors (Lipinski definition) is 0. The molecule has 2 radical (unpaired) electrons. The third-order valence-electron chi connectivity index (χ3n) is 5.10. The molecule has 0 bridgehead atoms. The summed E-state index contributed by atoms with van der Waals surface area (Å²) in [5.41, 5.74) is 3.80. The van der Waals surface area contributed by atoms with E-state index in [9.17, 15) is 0 Å².